The van der Waals surface area contributed by atoms with Crippen LogP contribution in [0.25, 0.3) is 6.08 Å². The molecule has 2 heterocycles. The van der Waals surface area contributed by atoms with Crippen molar-refractivity contribution in [1.82, 2.24) is 5.01 Å². The molecule has 2 aliphatic heterocycles. The summed E-state index contributed by atoms with van der Waals surface area (Å²) in [6, 6.07) is 27.1. The molecule has 1 amide bonds. The molecule has 1 atom stereocenters. The first-order valence-corrected chi connectivity index (χ1v) is 13.3. The number of thioether (sulfide) groups is 1. The lowest BCUT2D eigenvalue weighted by molar-refractivity contribution is -0.113. The summed E-state index contributed by atoms with van der Waals surface area (Å²) in [4.78, 5) is 20.1. The number of carbonyl (C=O) groups excluding carboxylic acids is 1. The second kappa shape index (κ2) is 10.0. The van der Waals surface area contributed by atoms with E-state index in [4.69, 9.17) is 5.10 Å². The Hall–Kier alpha value is -3.64. The SMILES string of the molecule is CN(C)c1ccc(C2CC(c3ccccc3)=NN2C2=NC(=O)/C(=C/c3ccc(C(C)(C)C)cc3)S2)cc1. The molecule has 188 valence electrons. The van der Waals surface area contributed by atoms with Crippen LogP contribution in [0.15, 0.2) is 93.9 Å². The molecule has 5 nitrogen and oxygen atoms in total. The molecule has 0 radical (unpaired) electrons. The maximum atomic E-state index is 12.9. The highest BCUT2D eigenvalue weighted by Gasteiger charge is 2.36. The zero-order valence-corrected chi connectivity index (χ0v) is 22.8. The number of amidine groups is 1. The van der Waals surface area contributed by atoms with Crippen molar-refractivity contribution in [2.45, 2.75) is 38.6 Å². The summed E-state index contributed by atoms with van der Waals surface area (Å²) >= 11 is 1.40. The second-order valence-electron chi connectivity index (χ2n) is 10.6. The summed E-state index contributed by atoms with van der Waals surface area (Å²) in [5.41, 5.74) is 6.71. The van der Waals surface area contributed by atoms with Crippen LogP contribution in [0.4, 0.5) is 5.69 Å². The van der Waals surface area contributed by atoms with E-state index >= 15 is 0 Å². The van der Waals surface area contributed by atoms with Crippen LogP contribution in [0.3, 0.4) is 0 Å². The van der Waals surface area contributed by atoms with E-state index in [9.17, 15) is 4.79 Å². The molecule has 3 aromatic carbocycles. The molecule has 0 aliphatic carbocycles. The zero-order valence-electron chi connectivity index (χ0n) is 22.0. The zero-order chi connectivity index (χ0) is 26.2. The van der Waals surface area contributed by atoms with Gasteiger partial charge in [0.15, 0.2) is 5.17 Å². The van der Waals surface area contributed by atoms with Crippen molar-refractivity contribution in [2.24, 2.45) is 10.1 Å². The fraction of sp³-hybridized carbons (Fsp3) is 0.258. The van der Waals surface area contributed by atoms with Crippen molar-refractivity contribution in [3.05, 3.63) is 106 Å². The van der Waals surface area contributed by atoms with Gasteiger partial charge in [-0.1, -0.05) is 87.5 Å². The number of hydrazone groups is 1. The van der Waals surface area contributed by atoms with Crippen LogP contribution in [-0.2, 0) is 10.2 Å². The van der Waals surface area contributed by atoms with Crippen molar-refractivity contribution in [3.8, 4) is 0 Å². The number of hydrogen-bond donors (Lipinski definition) is 0. The number of benzene rings is 3. The fourth-order valence-electron chi connectivity index (χ4n) is 4.47. The first-order chi connectivity index (χ1) is 17.7. The summed E-state index contributed by atoms with van der Waals surface area (Å²) in [6.45, 7) is 6.59. The van der Waals surface area contributed by atoms with Gasteiger partial charge >= 0.3 is 0 Å². The molecule has 0 bridgehead atoms. The topological polar surface area (TPSA) is 48.3 Å². The van der Waals surface area contributed by atoms with Crippen LogP contribution in [-0.4, -0.2) is 35.9 Å². The lowest BCUT2D eigenvalue weighted by Gasteiger charge is -2.23. The van der Waals surface area contributed by atoms with Gasteiger partial charge in [-0.3, -0.25) is 4.79 Å². The van der Waals surface area contributed by atoms with E-state index in [1.165, 1.54) is 17.3 Å². The molecular weight excluding hydrogens is 476 g/mol. The minimum Gasteiger partial charge on any atom is -0.378 e. The number of nitrogens with zero attached hydrogens (tertiary/aromatic N) is 4. The lowest BCUT2D eigenvalue weighted by atomic mass is 9.87. The normalized spacial score (nSPS) is 18.8. The molecule has 37 heavy (non-hydrogen) atoms. The number of amides is 1. The molecule has 3 aromatic rings. The van der Waals surface area contributed by atoms with Crippen molar-refractivity contribution >= 4 is 40.3 Å². The Morgan fingerprint density at radius 2 is 1.62 bits per heavy atom. The Morgan fingerprint density at radius 1 is 0.946 bits per heavy atom. The van der Waals surface area contributed by atoms with E-state index in [1.807, 2.05) is 43.4 Å². The van der Waals surface area contributed by atoms with Gasteiger partial charge in [0.25, 0.3) is 5.91 Å². The van der Waals surface area contributed by atoms with Gasteiger partial charge in [-0.15, -0.1) is 0 Å². The fourth-order valence-corrected chi connectivity index (χ4v) is 5.39. The van der Waals surface area contributed by atoms with Gasteiger partial charge in [0.1, 0.15) is 0 Å². The Morgan fingerprint density at radius 3 is 2.24 bits per heavy atom. The van der Waals surface area contributed by atoms with Crippen LogP contribution in [0.1, 0.15) is 55.5 Å². The average Bonchev–Trinajstić information content (AvgIpc) is 3.48. The first-order valence-electron chi connectivity index (χ1n) is 12.5. The van der Waals surface area contributed by atoms with E-state index in [0.29, 0.717) is 10.1 Å². The van der Waals surface area contributed by atoms with Crippen molar-refractivity contribution in [3.63, 3.8) is 0 Å². The number of anilines is 1. The third-order valence-corrected chi connectivity index (χ3v) is 7.66. The number of aliphatic imine (C=N–C) groups is 1. The van der Waals surface area contributed by atoms with Gasteiger partial charge in [0.05, 0.1) is 16.7 Å². The van der Waals surface area contributed by atoms with Gasteiger partial charge in [0, 0.05) is 26.2 Å². The Bertz CT molecular complexity index is 1380. The Labute approximate surface area is 223 Å². The molecule has 0 saturated carbocycles. The largest absolute Gasteiger partial charge is 0.378 e. The van der Waals surface area contributed by atoms with Crippen LogP contribution in [0, 0.1) is 0 Å². The summed E-state index contributed by atoms with van der Waals surface area (Å²) in [7, 11) is 4.07. The Balaban J connectivity index is 1.43. The van der Waals surface area contributed by atoms with Crippen LogP contribution < -0.4 is 4.90 Å². The van der Waals surface area contributed by atoms with Crippen molar-refractivity contribution in [1.29, 1.82) is 0 Å². The van der Waals surface area contributed by atoms with Gasteiger partial charge < -0.3 is 4.90 Å². The standard InChI is InChI=1S/C31H32N4OS/c1-31(2,3)24-15-11-21(12-16-24)19-28-29(36)32-30(37-28)35-27(23-13-17-25(18-14-23)34(4)5)20-26(33-35)22-9-7-6-8-10-22/h6-19,27H,20H2,1-5H3/b28-19-. The quantitative estimate of drug-likeness (QED) is 0.361. The first kappa shape index (κ1) is 25.0. The van der Waals surface area contributed by atoms with Crippen LogP contribution in [0.2, 0.25) is 0 Å². The Kier molecular flexibility index (Phi) is 6.78. The predicted molar refractivity (Wildman–Crippen MR) is 156 cm³/mol. The molecule has 2 aliphatic rings. The third-order valence-electron chi connectivity index (χ3n) is 6.69. The molecule has 0 aromatic heterocycles. The highest BCUT2D eigenvalue weighted by Crippen LogP contribution is 2.40. The molecule has 0 N–H and O–H groups in total. The van der Waals surface area contributed by atoms with E-state index < -0.39 is 0 Å². The second-order valence-corrected chi connectivity index (χ2v) is 11.7. The number of rotatable bonds is 4. The van der Waals surface area contributed by atoms with Gasteiger partial charge in [-0.2, -0.15) is 10.1 Å². The molecule has 0 fully saturated rings. The lowest BCUT2D eigenvalue weighted by Crippen LogP contribution is -2.23. The molecule has 5 rings (SSSR count). The third kappa shape index (κ3) is 5.39. The minimum absolute atomic E-state index is 0.0316. The van der Waals surface area contributed by atoms with Crippen molar-refractivity contribution < 1.29 is 4.79 Å². The van der Waals surface area contributed by atoms with E-state index in [0.717, 1.165) is 34.5 Å². The van der Waals surface area contributed by atoms with Gasteiger partial charge in [-0.05, 0) is 57.6 Å². The number of carbonyl (C=O) groups is 1. The molecule has 6 heteroatoms. The summed E-state index contributed by atoms with van der Waals surface area (Å²) < 4.78 is 0. The minimum atomic E-state index is -0.218. The molecule has 1 unspecified atom stereocenters. The molecule has 0 spiro atoms. The average molecular weight is 509 g/mol. The summed E-state index contributed by atoms with van der Waals surface area (Å²) in [5.74, 6) is -0.218. The molecular formula is C31H32N4OS. The maximum absolute atomic E-state index is 12.9. The van der Waals surface area contributed by atoms with E-state index in [-0.39, 0.29) is 17.4 Å². The van der Waals surface area contributed by atoms with E-state index in [2.05, 4.69) is 91.3 Å². The van der Waals surface area contributed by atoms with Gasteiger partial charge in [0.2, 0.25) is 0 Å². The van der Waals surface area contributed by atoms with E-state index in [1.54, 1.807) is 0 Å². The maximum Gasteiger partial charge on any atom is 0.286 e. The van der Waals surface area contributed by atoms with Crippen LogP contribution in [0.5, 0.6) is 0 Å². The van der Waals surface area contributed by atoms with Crippen LogP contribution >= 0.6 is 11.8 Å². The van der Waals surface area contributed by atoms with Crippen molar-refractivity contribution in [2.75, 3.05) is 19.0 Å². The molecule has 0 saturated heterocycles. The predicted octanol–water partition coefficient (Wildman–Crippen LogP) is 6.87. The highest BCUT2D eigenvalue weighted by atomic mass is 32.2. The monoisotopic (exact) mass is 508 g/mol. The summed E-state index contributed by atoms with van der Waals surface area (Å²) in [5, 5.41) is 7.53. The van der Waals surface area contributed by atoms with Gasteiger partial charge in [-0.25, -0.2) is 5.01 Å². The highest BCUT2D eigenvalue weighted by molar-refractivity contribution is 8.18. The summed E-state index contributed by atoms with van der Waals surface area (Å²) in [6.07, 6.45) is 2.67. The smallest absolute Gasteiger partial charge is 0.286 e. The number of hydrogen-bond acceptors (Lipinski definition) is 5.